The lowest BCUT2D eigenvalue weighted by atomic mass is 9.92. The number of non-ortho nitro benzene ring substituents is 1. The average molecular weight is 339 g/mol. The van der Waals surface area contributed by atoms with Crippen LogP contribution in [0.1, 0.15) is 41.8 Å². The summed E-state index contributed by atoms with van der Waals surface area (Å²) >= 11 is 0. The Labute approximate surface area is 144 Å². The minimum Gasteiger partial charge on any atom is -0.465 e. The number of rotatable bonds is 4. The normalized spacial score (nSPS) is 17.6. The van der Waals surface area contributed by atoms with E-state index in [1.54, 1.807) is 6.26 Å². The van der Waals surface area contributed by atoms with E-state index in [1.165, 1.54) is 24.3 Å². The zero-order valence-corrected chi connectivity index (χ0v) is 13.5. The first-order valence-corrected chi connectivity index (χ1v) is 7.99. The Balaban J connectivity index is 1.72. The largest absolute Gasteiger partial charge is 0.465 e. The van der Waals surface area contributed by atoms with Gasteiger partial charge in [0.25, 0.3) is 11.6 Å². The molecular formula is C18H17N3O4. The average Bonchev–Trinajstić information content (AvgIpc) is 3.14. The van der Waals surface area contributed by atoms with Crippen molar-refractivity contribution in [1.29, 1.82) is 0 Å². The number of hydrazone groups is 1. The van der Waals surface area contributed by atoms with Gasteiger partial charge in [-0.05, 0) is 61.6 Å². The second kappa shape index (κ2) is 7.57. The second-order valence-corrected chi connectivity index (χ2v) is 5.70. The summed E-state index contributed by atoms with van der Waals surface area (Å²) in [5.74, 6) is 0.358. The lowest BCUT2D eigenvalue weighted by Gasteiger charge is -2.16. The van der Waals surface area contributed by atoms with Crippen molar-refractivity contribution in [2.75, 3.05) is 0 Å². The maximum atomic E-state index is 12.2. The third kappa shape index (κ3) is 4.20. The predicted molar refractivity (Wildman–Crippen MR) is 93.2 cm³/mol. The highest BCUT2D eigenvalue weighted by molar-refractivity contribution is 6.05. The monoisotopic (exact) mass is 339 g/mol. The zero-order valence-electron chi connectivity index (χ0n) is 13.5. The summed E-state index contributed by atoms with van der Waals surface area (Å²) in [5.41, 5.74) is 4.68. The number of carbonyl (C=O) groups excluding carboxylic acids is 1. The van der Waals surface area contributed by atoms with Crippen molar-refractivity contribution < 1.29 is 14.1 Å². The molecule has 2 aromatic rings. The number of nitrogens with zero attached hydrogens (tertiary/aromatic N) is 2. The van der Waals surface area contributed by atoms with E-state index in [1.807, 2.05) is 18.2 Å². The van der Waals surface area contributed by atoms with Gasteiger partial charge in [-0.1, -0.05) is 0 Å². The van der Waals surface area contributed by atoms with Crippen molar-refractivity contribution in [1.82, 2.24) is 5.43 Å². The number of amides is 1. The number of furan rings is 1. The summed E-state index contributed by atoms with van der Waals surface area (Å²) in [7, 11) is 0. The molecule has 1 saturated carbocycles. The molecule has 1 aliphatic carbocycles. The van der Waals surface area contributed by atoms with Gasteiger partial charge in [0.15, 0.2) is 0 Å². The smallest absolute Gasteiger partial charge is 0.271 e. The third-order valence-electron chi connectivity index (χ3n) is 3.97. The van der Waals surface area contributed by atoms with E-state index < -0.39 is 10.8 Å². The Morgan fingerprint density at radius 1 is 1.20 bits per heavy atom. The molecule has 7 heteroatoms. The third-order valence-corrected chi connectivity index (χ3v) is 3.97. The van der Waals surface area contributed by atoms with Crippen LogP contribution < -0.4 is 5.43 Å². The SMILES string of the molecule is O=C(NN=C1CCCCC1=Cc1ccco1)c1ccc([N+](=O)[O-])cc1. The van der Waals surface area contributed by atoms with Crippen LogP contribution in [-0.2, 0) is 0 Å². The van der Waals surface area contributed by atoms with E-state index >= 15 is 0 Å². The van der Waals surface area contributed by atoms with Gasteiger partial charge in [-0.2, -0.15) is 5.10 Å². The van der Waals surface area contributed by atoms with E-state index in [-0.39, 0.29) is 5.69 Å². The van der Waals surface area contributed by atoms with E-state index in [0.717, 1.165) is 42.7 Å². The molecule has 7 nitrogen and oxygen atoms in total. The molecule has 1 aromatic heterocycles. The van der Waals surface area contributed by atoms with E-state index in [9.17, 15) is 14.9 Å². The summed E-state index contributed by atoms with van der Waals surface area (Å²) < 4.78 is 5.34. The van der Waals surface area contributed by atoms with Crippen LogP contribution in [0.4, 0.5) is 5.69 Å². The molecule has 1 aliphatic rings. The molecule has 1 aromatic carbocycles. The minimum absolute atomic E-state index is 0.0567. The molecule has 0 aliphatic heterocycles. The van der Waals surface area contributed by atoms with Gasteiger partial charge in [0.2, 0.25) is 0 Å². The Bertz CT molecular complexity index is 821. The quantitative estimate of drug-likeness (QED) is 0.674. The van der Waals surface area contributed by atoms with Gasteiger partial charge in [-0.15, -0.1) is 0 Å². The molecule has 0 unspecified atom stereocenters. The van der Waals surface area contributed by atoms with Crippen LogP contribution in [-0.4, -0.2) is 16.5 Å². The zero-order chi connectivity index (χ0) is 17.6. The molecule has 0 radical (unpaired) electrons. The standard InChI is InChI=1S/C18H17N3O4/c22-18(13-7-9-15(10-8-13)21(23)24)20-19-17-6-2-1-4-14(17)12-16-5-3-11-25-16/h3,5,7-12H,1-2,4,6H2,(H,20,22). The molecule has 1 heterocycles. The summed E-state index contributed by atoms with van der Waals surface area (Å²) in [6, 6.07) is 9.11. The van der Waals surface area contributed by atoms with Crippen molar-refractivity contribution in [3.05, 3.63) is 69.7 Å². The first-order valence-electron chi connectivity index (χ1n) is 7.99. The van der Waals surface area contributed by atoms with Crippen molar-refractivity contribution in [2.45, 2.75) is 25.7 Å². The fourth-order valence-electron chi connectivity index (χ4n) is 2.66. The van der Waals surface area contributed by atoms with Gasteiger partial charge in [-0.25, -0.2) is 5.43 Å². The summed E-state index contributed by atoms with van der Waals surface area (Å²) in [5, 5.41) is 14.9. The second-order valence-electron chi connectivity index (χ2n) is 5.70. The molecule has 3 rings (SSSR count). The van der Waals surface area contributed by atoms with Crippen molar-refractivity contribution in [3.8, 4) is 0 Å². The van der Waals surface area contributed by atoms with Gasteiger partial charge >= 0.3 is 0 Å². The molecule has 1 fully saturated rings. The molecular weight excluding hydrogens is 322 g/mol. The predicted octanol–water partition coefficient (Wildman–Crippen LogP) is 3.93. The Hall–Kier alpha value is -3.22. The van der Waals surface area contributed by atoms with Crippen LogP contribution in [0.15, 0.2) is 57.8 Å². The van der Waals surface area contributed by atoms with Gasteiger partial charge in [-0.3, -0.25) is 14.9 Å². The number of allylic oxidation sites excluding steroid dienone is 1. The number of nitrogens with one attached hydrogen (secondary N) is 1. The number of nitro groups is 1. The van der Waals surface area contributed by atoms with Crippen molar-refractivity contribution in [2.24, 2.45) is 5.10 Å². The maximum Gasteiger partial charge on any atom is 0.271 e. The first-order chi connectivity index (χ1) is 12.1. The van der Waals surface area contributed by atoms with E-state index in [2.05, 4.69) is 10.5 Å². The molecule has 128 valence electrons. The number of hydrogen-bond acceptors (Lipinski definition) is 5. The number of nitro benzene ring substituents is 1. The van der Waals surface area contributed by atoms with Crippen LogP contribution in [0.25, 0.3) is 6.08 Å². The highest BCUT2D eigenvalue weighted by Crippen LogP contribution is 2.23. The maximum absolute atomic E-state index is 12.2. The fraction of sp³-hybridized carbons (Fsp3) is 0.222. The highest BCUT2D eigenvalue weighted by atomic mass is 16.6. The fourth-order valence-corrected chi connectivity index (χ4v) is 2.66. The first kappa shape index (κ1) is 16.6. The molecule has 0 saturated heterocycles. The highest BCUT2D eigenvalue weighted by Gasteiger charge is 2.15. The summed E-state index contributed by atoms with van der Waals surface area (Å²) in [6.45, 7) is 0. The molecule has 1 amide bonds. The molecule has 0 bridgehead atoms. The number of benzene rings is 1. The van der Waals surface area contributed by atoms with Crippen molar-refractivity contribution >= 4 is 23.4 Å². The lowest BCUT2D eigenvalue weighted by Crippen LogP contribution is -2.21. The van der Waals surface area contributed by atoms with Crippen LogP contribution in [0.5, 0.6) is 0 Å². The Morgan fingerprint density at radius 2 is 1.96 bits per heavy atom. The summed E-state index contributed by atoms with van der Waals surface area (Å²) in [4.78, 5) is 22.3. The molecule has 0 spiro atoms. The molecule has 1 N–H and O–H groups in total. The Morgan fingerprint density at radius 3 is 2.64 bits per heavy atom. The van der Waals surface area contributed by atoms with Gasteiger partial charge in [0.1, 0.15) is 5.76 Å². The van der Waals surface area contributed by atoms with Crippen LogP contribution in [0, 0.1) is 10.1 Å². The topological polar surface area (TPSA) is 97.7 Å². The van der Waals surface area contributed by atoms with Gasteiger partial charge in [0, 0.05) is 17.7 Å². The van der Waals surface area contributed by atoms with Crippen LogP contribution in [0.3, 0.4) is 0 Å². The van der Waals surface area contributed by atoms with Crippen LogP contribution >= 0.6 is 0 Å². The Kier molecular flexibility index (Phi) is 5.03. The van der Waals surface area contributed by atoms with Crippen molar-refractivity contribution in [3.63, 3.8) is 0 Å². The van der Waals surface area contributed by atoms with Gasteiger partial charge < -0.3 is 4.42 Å². The number of hydrogen-bond donors (Lipinski definition) is 1. The minimum atomic E-state index is -0.504. The molecule has 0 atom stereocenters. The number of carbonyl (C=O) groups is 1. The van der Waals surface area contributed by atoms with E-state index in [4.69, 9.17) is 4.42 Å². The molecule has 25 heavy (non-hydrogen) atoms. The van der Waals surface area contributed by atoms with Crippen LogP contribution in [0.2, 0.25) is 0 Å². The summed E-state index contributed by atoms with van der Waals surface area (Å²) in [6.07, 6.45) is 7.31. The lowest BCUT2D eigenvalue weighted by molar-refractivity contribution is -0.384. The van der Waals surface area contributed by atoms with E-state index in [0.29, 0.717) is 5.56 Å². The van der Waals surface area contributed by atoms with Gasteiger partial charge in [0.05, 0.1) is 16.9 Å².